The summed E-state index contributed by atoms with van der Waals surface area (Å²) in [5, 5.41) is 29.7. The van der Waals surface area contributed by atoms with Crippen molar-refractivity contribution in [2.45, 2.75) is 31.3 Å². The summed E-state index contributed by atoms with van der Waals surface area (Å²) in [5.74, 6) is -3.16. The molecular formula is C14H19N2O6+. The largest absolute Gasteiger partial charge is 0.480 e. The number of carboxylic acids is 3. The summed E-state index contributed by atoms with van der Waals surface area (Å²) in [6, 6.07) is -1.43. The summed E-state index contributed by atoms with van der Waals surface area (Å²) in [6.45, 7) is 1.19. The van der Waals surface area contributed by atoms with E-state index in [2.05, 4.69) is 5.32 Å². The van der Waals surface area contributed by atoms with E-state index in [0.717, 1.165) is 17.9 Å². The molecule has 5 N–H and O–H groups in total. The Morgan fingerprint density at radius 3 is 2.59 bits per heavy atom. The number of rotatable bonds is 5. The van der Waals surface area contributed by atoms with Crippen LogP contribution in [-0.2, 0) is 14.4 Å². The Kier molecular flexibility index (Phi) is 4.81. The molecule has 2 aliphatic rings. The highest BCUT2D eigenvalue weighted by molar-refractivity contribution is 5.89. The minimum Gasteiger partial charge on any atom is -0.480 e. The zero-order valence-electron chi connectivity index (χ0n) is 11.9. The van der Waals surface area contributed by atoms with E-state index in [4.69, 9.17) is 15.3 Å². The molecule has 2 rings (SSSR count). The Labute approximate surface area is 126 Å². The first kappa shape index (κ1) is 16.0. The third kappa shape index (κ3) is 3.64. The predicted molar refractivity (Wildman–Crippen MR) is 74.3 cm³/mol. The van der Waals surface area contributed by atoms with Gasteiger partial charge in [0.15, 0.2) is 6.04 Å². The maximum atomic E-state index is 11.1. The average molecular weight is 311 g/mol. The van der Waals surface area contributed by atoms with E-state index in [9.17, 15) is 14.4 Å². The van der Waals surface area contributed by atoms with E-state index >= 15 is 0 Å². The van der Waals surface area contributed by atoms with Crippen molar-refractivity contribution in [3.8, 4) is 0 Å². The van der Waals surface area contributed by atoms with Crippen LogP contribution in [0.2, 0.25) is 0 Å². The van der Waals surface area contributed by atoms with Gasteiger partial charge in [0.25, 0.3) is 0 Å². The highest BCUT2D eigenvalue weighted by Crippen LogP contribution is 2.16. The highest BCUT2D eigenvalue weighted by atomic mass is 16.4. The zero-order chi connectivity index (χ0) is 16.3. The average Bonchev–Trinajstić information content (AvgIpc) is 2.93. The predicted octanol–water partition coefficient (Wildman–Crippen LogP) is -1.54. The van der Waals surface area contributed by atoms with Crippen LogP contribution in [0.15, 0.2) is 23.4 Å². The SMILES string of the molecule is O=C(O)C1=C/C(=C\C[NH+]2CCC[C@H]2C(=O)O)C[C@@H](C(=O)O)N1. The van der Waals surface area contributed by atoms with Crippen molar-refractivity contribution in [2.24, 2.45) is 0 Å². The maximum Gasteiger partial charge on any atom is 0.362 e. The first-order valence-corrected chi connectivity index (χ1v) is 7.09. The van der Waals surface area contributed by atoms with E-state index in [1.54, 1.807) is 6.08 Å². The molecule has 8 heteroatoms. The Bertz CT molecular complexity index is 554. The Hall–Kier alpha value is -2.35. The second kappa shape index (κ2) is 6.61. The van der Waals surface area contributed by atoms with Gasteiger partial charge in [-0.15, -0.1) is 0 Å². The normalized spacial score (nSPS) is 29.7. The smallest absolute Gasteiger partial charge is 0.362 e. The first-order chi connectivity index (χ1) is 10.4. The van der Waals surface area contributed by atoms with Gasteiger partial charge in [-0.25, -0.2) is 14.4 Å². The fourth-order valence-corrected chi connectivity index (χ4v) is 2.89. The fraction of sp³-hybridized carbons (Fsp3) is 0.500. The van der Waals surface area contributed by atoms with Gasteiger partial charge in [-0.3, -0.25) is 0 Å². The number of aliphatic carboxylic acids is 3. The van der Waals surface area contributed by atoms with Crippen LogP contribution in [-0.4, -0.2) is 58.4 Å². The summed E-state index contributed by atoms with van der Waals surface area (Å²) in [5.41, 5.74) is 0.447. The summed E-state index contributed by atoms with van der Waals surface area (Å²) in [7, 11) is 0. The fourth-order valence-electron chi connectivity index (χ4n) is 2.89. The van der Waals surface area contributed by atoms with E-state index in [-0.39, 0.29) is 12.1 Å². The number of hydrogen-bond acceptors (Lipinski definition) is 4. The zero-order valence-corrected chi connectivity index (χ0v) is 11.9. The van der Waals surface area contributed by atoms with Gasteiger partial charge < -0.3 is 25.5 Å². The molecule has 0 aromatic heterocycles. The topological polar surface area (TPSA) is 128 Å². The third-order valence-electron chi connectivity index (χ3n) is 4.04. The number of nitrogens with one attached hydrogen (secondary N) is 2. The summed E-state index contributed by atoms with van der Waals surface area (Å²) >= 11 is 0. The molecule has 3 atom stereocenters. The van der Waals surface area contributed by atoms with Crippen LogP contribution in [0, 0.1) is 0 Å². The molecule has 8 nitrogen and oxygen atoms in total. The lowest BCUT2D eigenvalue weighted by molar-refractivity contribution is -0.897. The van der Waals surface area contributed by atoms with Crippen molar-refractivity contribution in [2.75, 3.05) is 13.1 Å². The van der Waals surface area contributed by atoms with E-state index in [1.807, 2.05) is 0 Å². The van der Waals surface area contributed by atoms with Crippen molar-refractivity contribution in [3.63, 3.8) is 0 Å². The number of carboxylic acid groups (broad SMARTS) is 3. The lowest BCUT2D eigenvalue weighted by Crippen LogP contribution is -3.14. The molecule has 2 heterocycles. The van der Waals surface area contributed by atoms with Gasteiger partial charge >= 0.3 is 17.9 Å². The molecule has 0 spiro atoms. The Balaban J connectivity index is 2.11. The summed E-state index contributed by atoms with van der Waals surface area (Å²) < 4.78 is 0. The molecule has 0 radical (unpaired) electrons. The van der Waals surface area contributed by atoms with Crippen LogP contribution in [0.5, 0.6) is 0 Å². The number of hydrogen-bond donors (Lipinski definition) is 5. The number of quaternary nitrogens is 1. The standard InChI is InChI=1S/C14H18N2O6/c17-12(18)9-6-8(7-10(15-9)13(19)20)3-5-16-4-1-2-11(16)14(21)22/h3,6,10-11,15H,1-2,4-5,7H2,(H,17,18)(H,19,20)(H,21,22)/p+1/b8-3+/t10-,11-/m0/s1. The molecular weight excluding hydrogens is 292 g/mol. The van der Waals surface area contributed by atoms with E-state index < -0.39 is 30.0 Å². The molecule has 0 aromatic rings. The van der Waals surface area contributed by atoms with Gasteiger partial charge in [-0.2, -0.15) is 0 Å². The second-order valence-corrected chi connectivity index (χ2v) is 5.53. The molecule has 0 bridgehead atoms. The van der Waals surface area contributed by atoms with Crippen LogP contribution in [0.25, 0.3) is 0 Å². The van der Waals surface area contributed by atoms with Gasteiger partial charge in [0, 0.05) is 19.3 Å². The van der Waals surface area contributed by atoms with Crippen molar-refractivity contribution < 1.29 is 34.6 Å². The molecule has 0 aliphatic carbocycles. The highest BCUT2D eigenvalue weighted by Gasteiger charge is 2.34. The minimum absolute atomic E-state index is 0.156. The van der Waals surface area contributed by atoms with Crippen LogP contribution in [0.4, 0.5) is 0 Å². The van der Waals surface area contributed by atoms with Gasteiger partial charge in [-0.05, 0) is 17.7 Å². The van der Waals surface area contributed by atoms with Gasteiger partial charge in [0.2, 0.25) is 0 Å². The van der Waals surface area contributed by atoms with Crippen molar-refractivity contribution >= 4 is 17.9 Å². The lowest BCUT2D eigenvalue weighted by atomic mass is 10.00. The number of carbonyl (C=O) groups is 3. The van der Waals surface area contributed by atoms with Crippen LogP contribution < -0.4 is 10.2 Å². The number of allylic oxidation sites excluding steroid dienone is 1. The molecule has 1 saturated heterocycles. The summed E-state index contributed by atoms with van der Waals surface area (Å²) in [6.07, 6.45) is 4.80. The first-order valence-electron chi connectivity index (χ1n) is 7.09. The number of likely N-dealkylation sites (tertiary alicyclic amines) is 1. The molecule has 0 aromatic carbocycles. The van der Waals surface area contributed by atoms with Crippen LogP contribution in [0.3, 0.4) is 0 Å². The Morgan fingerprint density at radius 1 is 1.27 bits per heavy atom. The Morgan fingerprint density at radius 2 is 2.00 bits per heavy atom. The maximum absolute atomic E-state index is 11.1. The summed E-state index contributed by atoms with van der Waals surface area (Å²) in [4.78, 5) is 34.2. The second-order valence-electron chi connectivity index (χ2n) is 5.53. The monoisotopic (exact) mass is 311 g/mol. The van der Waals surface area contributed by atoms with Crippen molar-refractivity contribution in [1.82, 2.24) is 5.32 Å². The van der Waals surface area contributed by atoms with Gasteiger partial charge in [0.05, 0.1) is 13.1 Å². The van der Waals surface area contributed by atoms with E-state index in [1.165, 1.54) is 6.08 Å². The molecule has 22 heavy (non-hydrogen) atoms. The van der Waals surface area contributed by atoms with Crippen LogP contribution in [0.1, 0.15) is 19.3 Å². The molecule has 1 fully saturated rings. The van der Waals surface area contributed by atoms with Gasteiger partial charge in [-0.1, -0.05) is 0 Å². The van der Waals surface area contributed by atoms with Crippen LogP contribution >= 0.6 is 0 Å². The van der Waals surface area contributed by atoms with E-state index in [0.29, 0.717) is 18.5 Å². The lowest BCUT2D eigenvalue weighted by Gasteiger charge is -2.23. The molecule has 120 valence electrons. The van der Waals surface area contributed by atoms with Gasteiger partial charge in [0.1, 0.15) is 11.7 Å². The molecule has 1 unspecified atom stereocenters. The molecule has 0 amide bonds. The molecule has 0 saturated carbocycles. The molecule has 2 aliphatic heterocycles. The minimum atomic E-state index is -1.21. The quantitative estimate of drug-likeness (QED) is 0.416. The van der Waals surface area contributed by atoms with Crippen molar-refractivity contribution in [1.29, 1.82) is 0 Å². The van der Waals surface area contributed by atoms with Crippen molar-refractivity contribution in [3.05, 3.63) is 23.4 Å². The third-order valence-corrected chi connectivity index (χ3v) is 4.04.